The smallest absolute Gasteiger partial charge is 0.123 e. The van der Waals surface area contributed by atoms with Gasteiger partial charge in [0.1, 0.15) is 5.75 Å². The van der Waals surface area contributed by atoms with Gasteiger partial charge in [0.15, 0.2) is 0 Å². The van der Waals surface area contributed by atoms with Crippen LogP contribution >= 0.6 is 0 Å². The van der Waals surface area contributed by atoms with E-state index in [4.69, 9.17) is 9.47 Å². The molecule has 140 valence electrons. The van der Waals surface area contributed by atoms with Crippen LogP contribution in [0.4, 0.5) is 0 Å². The molecule has 2 fully saturated rings. The molecule has 4 heteroatoms. The molecule has 0 bridgehead atoms. The average molecular weight is 347 g/mol. The molecule has 2 heterocycles. The molecule has 0 atom stereocenters. The molecule has 0 unspecified atom stereocenters. The molecular formula is C21H34N2O2. The summed E-state index contributed by atoms with van der Waals surface area (Å²) >= 11 is 0. The van der Waals surface area contributed by atoms with E-state index in [1.54, 1.807) is 0 Å². The Hall–Kier alpha value is -1.10. The molecule has 0 aliphatic carbocycles. The maximum atomic E-state index is 6.00. The molecule has 2 saturated heterocycles. The van der Waals surface area contributed by atoms with Gasteiger partial charge in [-0.05, 0) is 63.4 Å². The van der Waals surface area contributed by atoms with Gasteiger partial charge in [-0.1, -0.05) is 19.1 Å². The Kier molecular flexibility index (Phi) is 7.58. The summed E-state index contributed by atoms with van der Waals surface area (Å²) in [6.45, 7) is 11.6. The second kappa shape index (κ2) is 10.1. The third-order valence-corrected chi connectivity index (χ3v) is 5.22. The average Bonchev–Trinajstić information content (AvgIpc) is 3.15. The molecule has 2 aliphatic heterocycles. The summed E-state index contributed by atoms with van der Waals surface area (Å²) in [5.41, 5.74) is 2.82. The van der Waals surface area contributed by atoms with Crippen LogP contribution in [0.25, 0.3) is 0 Å². The number of ether oxygens (including phenoxy) is 2. The summed E-state index contributed by atoms with van der Waals surface area (Å²) in [6, 6.07) is 6.85. The zero-order valence-corrected chi connectivity index (χ0v) is 15.8. The molecule has 0 spiro atoms. The Morgan fingerprint density at radius 1 is 1.04 bits per heavy atom. The van der Waals surface area contributed by atoms with Crippen LogP contribution in [-0.2, 0) is 17.7 Å². The summed E-state index contributed by atoms with van der Waals surface area (Å²) < 4.78 is 11.4. The highest BCUT2D eigenvalue weighted by atomic mass is 16.5. The summed E-state index contributed by atoms with van der Waals surface area (Å²) in [4.78, 5) is 5.08. The van der Waals surface area contributed by atoms with Gasteiger partial charge in [0.25, 0.3) is 0 Å². The Morgan fingerprint density at radius 2 is 1.84 bits per heavy atom. The van der Waals surface area contributed by atoms with Crippen molar-refractivity contribution in [3.63, 3.8) is 0 Å². The second-order valence-electron chi connectivity index (χ2n) is 7.33. The zero-order chi connectivity index (χ0) is 17.3. The van der Waals surface area contributed by atoms with Crippen LogP contribution in [0.2, 0.25) is 0 Å². The third kappa shape index (κ3) is 5.98. The van der Waals surface area contributed by atoms with Crippen molar-refractivity contribution < 1.29 is 9.47 Å². The van der Waals surface area contributed by atoms with Crippen molar-refractivity contribution in [2.24, 2.45) is 0 Å². The molecule has 25 heavy (non-hydrogen) atoms. The van der Waals surface area contributed by atoms with Crippen molar-refractivity contribution in [2.45, 2.75) is 45.6 Å². The number of nitrogens with zero attached hydrogens (tertiary/aromatic N) is 2. The molecule has 0 radical (unpaired) electrons. The highest BCUT2D eigenvalue weighted by molar-refractivity contribution is 5.37. The second-order valence-corrected chi connectivity index (χ2v) is 7.33. The van der Waals surface area contributed by atoms with E-state index in [-0.39, 0.29) is 0 Å². The molecule has 1 aromatic rings. The monoisotopic (exact) mass is 346 g/mol. The Labute approximate surface area is 153 Å². The van der Waals surface area contributed by atoms with Gasteiger partial charge in [0.2, 0.25) is 0 Å². The Morgan fingerprint density at radius 3 is 2.60 bits per heavy atom. The number of likely N-dealkylation sites (tertiary alicyclic amines) is 1. The minimum absolute atomic E-state index is 0.809. The summed E-state index contributed by atoms with van der Waals surface area (Å²) in [5, 5.41) is 0. The summed E-state index contributed by atoms with van der Waals surface area (Å²) in [7, 11) is 0. The van der Waals surface area contributed by atoms with E-state index in [0.717, 1.165) is 58.0 Å². The van der Waals surface area contributed by atoms with Crippen molar-refractivity contribution in [2.75, 3.05) is 52.5 Å². The van der Waals surface area contributed by atoms with E-state index >= 15 is 0 Å². The van der Waals surface area contributed by atoms with Crippen LogP contribution in [0.3, 0.4) is 0 Å². The molecule has 2 aliphatic rings. The van der Waals surface area contributed by atoms with Crippen molar-refractivity contribution in [1.29, 1.82) is 0 Å². The minimum atomic E-state index is 0.809. The van der Waals surface area contributed by atoms with Gasteiger partial charge in [0.05, 0.1) is 19.8 Å². The molecule has 0 saturated carbocycles. The van der Waals surface area contributed by atoms with E-state index in [2.05, 4.69) is 34.9 Å². The fourth-order valence-corrected chi connectivity index (χ4v) is 3.78. The lowest BCUT2D eigenvalue weighted by atomic mass is 10.0. The van der Waals surface area contributed by atoms with Crippen LogP contribution in [0.15, 0.2) is 18.2 Å². The van der Waals surface area contributed by atoms with E-state index < -0.39 is 0 Å². The van der Waals surface area contributed by atoms with E-state index in [1.807, 2.05) is 0 Å². The molecular weight excluding hydrogens is 312 g/mol. The first-order valence-corrected chi connectivity index (χ1v) is 10.1. The largest absolute Gasteiger partial charge is 0.493 e. The lowest BCUT2D eigenvalue weighted by Crippen LogP contribution is -2.36. The van der Waals surface area contributed by atoms with Gasteiger partial charge in [-0.2, -0.15) is 0 Å². The molecule has 0 N–H and O–H groups in total. The lowest BCUT2D eigenvalue weighted by Gasteiger charge is -2.26. The van der Waals surface area contributed by atoms with Crippen LogP contribution in [0, 0.1) is 0 Å². The predicted octanol–water partition coefficient (Wildman–Crippen LogP) is 3.34. The van der Waals surface area contributed by atoms with Gasteiger partial charge in [0, 0.05) is 25.2 Å². The molecule has 1 aromatic carbocycles. The number of hydrogen-bond acceptors (Lipinski definition) is 4. The molecule has 0 aromatic heterocycles. The van der Waals surface area contributed by atoms with Crippen molar-refractivity contribution in [3.8, 4) is 5.75 Å². The predicted molar refractivity (Wildman–Crippen MR) is 102 cm³/mol. The number of rotatable bonds is 9. The van der Waals surface area contributed by atoms with E-state index in [0.29, 0.717) is 0 Å². The summed E-state index contributed by atoms with van der Waals surface area (Å²) in [5.74, 6) is 1.09. The fraction of sp³-hybridized carbons (Fsp3) is 0.714. The molecule has 0 amide bonds. The lowest BCUT2D eigenvalue weighted by molar-refractivity contribution is 0.0374. The highest BCUT2D eigenvalue weighted by Gasteiger charge is 2.15. The van der Waals surface area contributed by atoms with Crippen molar-refractivity contribution in [3.05, 3.63) is 29.3 Å². The SMILES string of the molecule is CCCOc1ccc(CCCN2CCOCC2)cc1CN1CCCC1. The Balaban J connectivity index is 1.56. The van der Waals surface area contributed by atoms with Crippen molar-refractivity contribution in [1.82, 2.24) is 9.80 Å². The minimum Gasteiger partial charge on any atom is -0.493 e. The quantitative estimate of drug-likeness (QED) is 0.685. The first-order chi connectivity index (χ1) is 12.3. The zero-order valence-electron chi connectivity index (χ0n) is 15.8. The molecule has 4 nitrogen and oxygen atoms in total. The first kappa shape index (κ1) is 18.7. The highest BCUT2D eigenvalue weighted by Crippen LogP contribution is 2.24. The maximum Gasteiger partial charge on any atom is 0.123 e. The van der Waals surface area contributed by atoms with Crippen LogP contribution in [0.5, 0.6) is 5.75 Å². The van der Waals surface area contributed by atoms with Crippen molar-refractivity contribution >= 4 is 0 Å². The van der Waals surface area contributed by atoms with E-state index in [9.17, 15) is 0 Å². The van der Waals surface area contributed by atoms with Crippen LogP contribution < -0.4 is 4.74 Å². The van der Waals surface area contributed by atoms with Crippen LogP contribution in [-0.4, -0.2) is 62.3 Å². The number of hydrogen-bond donors (Lipinski definition) is 0. The number of benzene rings is 1. The first-order valence-electron chi connectivity index (χ1n) is 10.1. The third-order valence-electron chi connectivity index (χ3n) is 5.22. The Bertz CT molecular complexity index is 509. The van der Waals surface area contributed by atoms with Gasteiger partial charge < -0.3 is 9.47 Å². The van der Waals surface area contributed by atoms with E-state index in [1.165, 1.54) is 50.0 Å². The van der Waals surface area contributed by atoms with Crippen LogP contribution in [0.1, 0.15) is 43.7 Å². The number of morpholine rings is 1. The van der Waals surface area contributed by atoms with Gasteiger partial charge in [-0.3, -0.25) is 9.80 Å². The van der Waals surface area contributed by atoms with Gasteiger partial charge in [-0.15, -0.1) is 0 Å². The van der Waals surface area contributed by atoms with Gasteiger partial charge >= 0.3 is 0 Å². The molecule has 3 rings (SSSR count). The van der Waals surface area contributed by atoms with Gasteiger partial charge in [-0.25, -0.2) is 0 Å². The summed E-state index contributed by atoms with van der Waals surface area (Å²) in [6.07, 6.45) is 6.11. The fourth-order valence-electron chi connectivity index (χ4n) is 3.78. The topological polar surface area (TPSA) is 24.9 Å². The maximum absolute atomic E-state index is 6.00. The number of aryl methyl sites for hydroxylation is 1. The normalized spacial score (nSPS) is 19.4. The standard InChI is InChI=1S/C21H34N2O2/c1-2-14-25-21-8-7-19(6-5-11-22-12-15-24-16-13-22)17-20(21)18-23-9-3-4-10-23/h7-8,17H,2-6,9-16,18H2,1H3.